The smallest absolute Gasteiger partial charge is 0.127 e. The van der Waals surface area contributed by atoms with Gasteiger partial charge in [-0.15, -0.1) is 0 Å². The van der Waals surface area contributed by atoms with Gasteiger partial charge in [-0.2, -0.15) is 0 Å². The molecule has 24 heavy (non-hydrogen) atoms. The van der Waals surface area contributed by atoms with Crippen molar-refractivity contribution in [3.63, 3.8) is 0 Å². The molecule has 0 aliphatic rings. The third kappa shape index (κ3) is 3.48. The van der Waals surface area contributed by atoms with E-state index in [1.807, 2.05) is 36.4 Å². The van der Waals surface area contributed by atoms with Gasteiger partial charge in [-0.25, -0.2) is 0 Å². The number of aromatic hydroxyl groups is 1. The van der Waals surface area contributed by atoms with Crippen LogP contribution < -0.4 is 9.64 Å². The second-order valence-electron chi connectivity index (χ2n) is 6.05. The lowest BCUT2D eigenvalue weighted by Crippen LogP contribution is -3.06. The van der Waals surface area contributed by atoms with Crippen LogP contribution in [0.2, 0.25) is 5.02 Å². The number of phenolic OH excluding ortho intramolecular Hbond substituents is 1. The number of nitrogens with one attached hydrogen (secondary N) is 1. The fourth-order valence-electron chi connectivity index (χ4n) is 3.08. The molecular weight excluding hydrogens is 322 g/mol. The van der Waals surface area contributed by atoms with Crippen LogP contribution in [0, 0.1) is 0 Å². The lowest BCUT2D eigenvalue weighted by Gasteiger charge is -2.18. The predicted molar refractivity (Wildman–Crippen MR) is 97.9 cm³/mol. The number of hydrogen-bond donors (Lipinski definition) is 2. The molecule has 3 rings (SSSR count). The molecule has 0 aliphatic heterocycles. The molecule has 3 aromatic rings. The number of benzene rings is 3. The van der Waals surface area contributed by atoms with Crippen molar-refractivity contribution in [2.45, 2.75) is 13.1 Å². The first kappa shape index (κ1) is 16.6. The van der Waals surface area contributed by atoms with Gasteiger partial charge >= 0.3 is 0 Å². The van der Waals surface area contributed by atoms with E-state index in [2.05, 4.69) is 19.2 Å². The second-order valence-corrected chi connectivity index (χ2v) is 6.49. The van der Waals surface area contributed by atoms with E-state index in [0.717, 1.165) is 34.2 Å². The molecule has 0 amide bonds. The molecule has 0 radical (unpaired) electrons. The van der Waals surface area contributed by atoms with Crippen LogP contribution in [-0.4, -0.2) is 19.3 Å². The summed E-state index contributed by atoms with van der Waals surface area (Å²) in [6, 6.07) is 17.5. The van der Waals surface area contributed by atoms with Gasteiger partial charge in [0.15, 0.2) is 0 Å². The lowest BCUT2D eigenvalue weighted by molar-refractivity contribution is -0.907. The summed E-state index contributed by atoms with van der Waals surface area (Å²) in [5.74, 6) is 1.17. The molecule has 0 saturated carbocycles. The Labute approximate surface area is 147 Å². The quantitative estimate of drug-likeness (QED) is 0.745. The Morgan fingerprint density at radius 3 is 2.62 bits per heavy atom. The van der Waals surface area contributed by atoms with Gasteiger partial charge < -0.3 is 14.7 Å². The average molecular weight is 343 g/mol. The fourth-order valence-corrected chi connectivity index (χ4v) is 3.28. The van der Waals surface area contributed by atoms with Gasteiger partial charge in [0.25, 0.3) is 0 Å². The number of ether oxygens (including phenoxy) is 1. The van der Waals surface area contributed by atoms with Crippen molar-refractivity contribution in [1.82, 2.24) is 0 Å². The van der Waals surface area contributed by atoms with Gasteiger partial charge in [-0.05, 0) is 35.0 Å². The molecule has 4 heteroatoms. The Hall–Kier alpha value is -2.23. The van der Waals surface area contributed by atoms with Crippen LogP contribution in [-0.2, 0) is 13.1 Å². The predicted octanol–water partition coefficient (Wildman–Crippen LogP) is 3.42. The standard InChI is InChI=1S/C20H20ClNO2/c1-22(12-15-11-16(21)8-10-20(15)24-2)13-18-17-6-4-3-5-14(17)7-9-19(18)23/h3-11,23H,12-13H2,1-2H3/p+1. The minimum atomic E-state index is 0.339. The van der Waals surface area contributed by atoms with Gasteiger partial charge in [0.05, 0.1) is 19.7 Å². The van der Waals surface area contributed by atoms with E-state index in [0.29, 0.717) is 17.3 Å². The van der Waals surface area contributed by atoms with Crippen molar-refractivity contribution >= 4 is 22.4 Å². The minimum absolute atomic E-state index is 0.339. The number of rotatable bonds is 5. The molecule has 2 N–H and O–H groups in total. The van der Waals surface area contributed by atoms with Crippen LogP contribution >= 0.6 is 11.6 Å². The highest BCUT2D eigenvalue weighted by atomic mass is 35.5. The van der Waals surface area contributed by atoms with E-state index in [4.69, 9.17) is 16.3 Å². The first-order chi connectivity index (χ1) is 11.6. The highest BCUT2D eigenvalue weighted by molar-refractivity contribution is 6.30. The third-order valence-electron chi connectivity index (χ3n) is 4.23. The molecular formula is C20H21ClNO2+. The maximum absolute atomic E-state index is 10.3. The summed E-state index contributed by atoms with van der Waals surface area (Å²) in [5, 5.41) is 13.2. The average Bonchev–Trinajstić information content (AvgIpc) is 2.58. The van der Waals surface area contributed by atoms with E-state index in [-0.39, 0.29) is 0 Å². The largest absolute Gasteiger partial charge is 0.507 e. The van der Waals surface area contributed by atoms with E-state index >= 15 is 0 Å². The maximum Gasteiger partial charge on any atom is 0.127 e. The van der Waals surface area contributed by atoms with Crippen LogP contribution in [0.15, 0.2) is 54.6 Å². The number of methoxy groups -OCH3 is 1. The topological polar surface area (TPSA) is 33.9 Å². The molecule has 0 saturated heterocycles. The molecule has 0 spiro atoms. The van der Waals surface area contributed by atoms with Crippen LogP contribution in [0.5, 0.6) is 11.5 Å². The number of quaternary nitrogens is 1. The highest BCUT2D eigenvalue weighted by Gasteiger charge is 2.15. The van der Waals surface area contributed by atoms with E-state index in [1.54, 1.807) is 13.2 Å². The van der Waals surface area contributed by atoms with Crippen molar-refractivity contribution < 1.29 is 14.7 Å². The summed E-state index contributed by atoms with van der Waals surface area (Å²) in [5.41, 5.74) is 2.02. The number of fused-ring (bicyclic) bond motifs is 1. The summed E-state index contributed by atoms with van der Waals surface area (Å²) in [6.07, 6.45) is 0. The van der Waals surface area contributed by atoms with E-state index < -0.39 is 0 Å². The van der Waals surface area contributed by atoms with Gasteiger partial charge in [-0.3, -0.25) is 0 Å². The van der Waals surface area contributed by atoms with Crippen molar-refractivity contribution in [2.75, 3.05) is 14.2 Å². The summed E-state index contributed by atoms with van der Waals surface area (Å²) in [6.45, 7) is 1.47. The zero-order valence-electron chi connectivity index (χ0n) is 13.8. The molecule has 0 bridgehead atoms. The Balaban J connectivity index is 1.87. The van der Waals surface area contributed by atoms with Crippen molar-refractivity contribution in [1.29, 1.82) is 0 Å². The molecule has 3 aromatic carbocycles. The molecule has 3 nitrogen and oxygen atoms in total. The Morgan fingerprint density at radius 1 is 1.04 bits per heavy atom. The minimum Gasteiger partial charge on any atom is -0.507 e. The van der Waals surface area contributed by atoms with Crippen LogP contribution in [0.1, 0.15) is 11.1 Å². The first-order valence-corrected chi connectivity index (χ1v) is 8.29. The zero-order valence-corrected chi connectivity index (χ0v) is 14.6. The number of hydrogen-bond acceptors (Lipinski definition) is 2. The summed E-state index contributed by atoms with van der Waals surface area (Å²) in [4.78, 5) is 1.24. The monoisotopic (exact) mass is 342 g/mol. The normalized spacial score (nSPS) is 12.3. The van der Waals surface area contributed by atoms with Gasteiger partial charge in [0.1, 0.15) is 24.6 Å². The Bertz CT molecular complexity index is 863. The van der Waals surface area contributed by atoms with Crippen LogP contribution in [0.4, 0.5) is 0 Å². The highest BCUT2D eigenvalue weighted by Crippen LogP contribution is 2.26. The fraction of sp³-hybridized carbons (Fsp3) is 0.200. The SMILES string of the molecule is COc1ccc(Cl)cc1C[NH+](C)Cc1c(O)ccc2ccccc12. The van der Waals surface area contributed by atoms with E-state index in [1.165, 1.54) is 4.90 Å². The molecule has 1 unspecified atom stereocenters. The summed E-state index contributed by atoms with van der Waals surface area (Å²) < 4.78 is 5.42. The summed E-state index contributed by atoms with van der Waals surface area (Å²) >= 11 is 6.12. The van der Waals surface area contributed by atoms with Crippen molar-refractivity contribution in [2.24, 2.45) is 0 Å². The zero-order chi connectivity index (χ0) is 17.1. The van der Waals surface area contributed by atoms with Crippen LogP contribution in [0.25, 0.3) is 10.8 Å². The van der Waals surface area contributed by atoms with Crippen molar-refractivity contribution in [3.05, 3.63) is 70.7 Å². The molecule has 1 atom stereocenters. The molecule has 124 valence electrons. The Morgan fingerprint density at radius 2 is 1.83 bits per heavy atom. The van der Waals surface area contributed by atoms with Crippen molar-refractivity contribution in [3.8, 4) is 11.5 Å². The second kappa shape index (κ2) is 7.12. The molecule has 0 aliphatic carbocycles. The number of halogens is 1. The van der Waals surface area contributed by atoms with Gasteiger partial charge in [0.2, 0.25) is 0 Å². The first-order valence-electron chi connectivity index (χ1n) is 7.92. The van der Waals surface area contributed by atoms with Gasteiger partial charge in [-0.1, -0.05) is 41.9 Å². The number of phenols is 1. The Kier molecular flexibility index (Phi) is 4.93. The van der Waals surface area contributed by atoms with E-state index in [9.17, 15) is 5.11 Å². The molecule has 0 heterocycles. The van der Waals surface area contributed by atoms with Gasteiger partial charge in [0, 0.05) is 10.6 Å². The van der Waals surface area contributed by atoms with Crippen LogP contribution in [0.3, 0.4) is 0 Å². The third-order valence-corrected chi connectivity index (χ3v) is 4.46. The maximum atomic E-state index is 10.3. The molecule has 0 aromatic heterocycles. The molecule has 0 fully saturated rings. The lowest BCUT2D eigenvalue weighted by atomic mass is 10.0. The summed E-state index contributed by atoms with van der Waals surface area (Å²) in [7, 11) is 3.76.